The number of nitrogens with zero attached hydrogens (tertiary/aromatic N) is 2. The maximum absolute atomic E-state index is 13.1. The average molecular weight is 886 g/mol. The Kier molecular flexibility index (Phi) is 30.5. The van der Waals surface area contributed by atoms with Crippen molar-refractivity contribution in [2.75, 3.05) is 39.3 Å². The van der Waals surface area contributed by atoms with E-state index in [0.29, 0.717) is 45.2 Å². The fraction of sp³-hybridized carbons (Fsp3) is 0.818. The lowest BCUT2D eigenvalue weighted by Gasteiger charge is -2.29. The van der Waals surface area contributed by atoms with E-state index >= 15 is 0 Å². The van der Waals surface area contributed by atoms with Crippen molar-refractivity contribution in [1.29, 1.82) is 0 Å². The Bertz CT molecular complexity index is 1360. The SMILES string of the molecule is CC(C)(C)OC(=O)N(CCCCN(CCCNC(=O)CCC(NC(=O)CCCCCCCCCCCCCC(=O)O)C(=O)O)C(=O)OC(C)(C)C)CCCNC(=O)CCC(=O)O. The van der Waals surface area contributed by atoms with Gasteiger partial charge >= 0.3 is 30.1 Å². The molecule has 1 atom stereocenters. The van der Waals surface area contributed by atoms with Gasteiger partial charge in [-0.1, -0.05) is 57.8 Å². The van der Waals surface area contributed by atoms with E-state index in [-0.39, 0.29) is 82.4 Å². The number of carboxylic acids is 3. The molecule has 358 valence electrons. The topological polar surface area (TPSA) is 258 Å². The van der Waals surface area contributed by atoms with Crippen LogP contribution < -0.4 is 16.0 Å². The second-order valence-electron chi connectivity index (χ2n) is 17.7. The molecule has 0 spiro atoms. The first-order chi connectivity index (χ1) is 29.1. The lowest BCUT2D eigenvalue weighted by atomic mass is 10.0. The highest BCUT2D eigenvalue weighted by molar-refractivity contribution is 5.84. The second-order valence-corrected chi connectivity index (χ2v) is 17.7. The summed E-state index contributed by atoms with van der Waals surface area (Å²) >= 11 is 0. The maximum atomic E-state index is 13.1. The van der Waals surface area contributed by atoms with Gasteiger partial charge in [0.05, 0.1) is 6.42 Å². The van der Waals surface area contributed by atoms with Crippen LogP contribution >= 0.6 is 0 Å². The van der Waals surface area contributed by atoms with Crippen LogP contribution in [0, 0.1) is 0 Å². The van der Waals surface area contributed by atoms with Gasteiger partial charge < -0.3 is 50.5 Å². The number of carbonyl (C=O) groups is 8. The van der Waals surface area contributed by atoms with E-state index in [0.717, 1.165) is 64.2 Å². The second kappa shape index (κ2) is 33.0. The summed E-state index contributed by atoms with van der Waals surface area (Å²) in [5.74, 6) is -4.15. The van der Waals surface area contributed by atoms with E-state index in [1.54, 1.807) is 41.5 Å². The summed E-state index contributed by atoms with van der Waals surface area (Å²) in [6, 6.07) is -1.19. The molecule has 0 heterocycles. The predicted molar refractivity (Wildman–Crippen MR) is 233 cm³/mol. The van der Waals surface area contributed by atoms with Crippen molar-refractivity contribution < 1.29 is 63.1 Å². The molecule has 0 saturated heterocycles. The van der Waals surface area contributed by atoms with Crippen LogP contribution in [0.1, 0.15) is 176 Å². The summed E-state index contributed by atoms with van der Waals surface area (Å²) < 4.78 is 11.2. The van der Waals surface area contributed by atoms with Crippen molar-refractivity contribution in [3.05, 3.63) is 0 Å². The van der Waals surface area contributed by atoms with Gasteiger partial charge in [0.15, 0.2) is 0 Å². The maximum Gasteiger partial charge on any atom is 0.410 e. The largest absolute Gasteiger partial charge is 0.481 e. The van der Waals surface area contributed by atoms with E-state index in [1.165, 1.54) is 9.80 Å². The number of carbonyl (C=O) groups excluding carboxylic acids is 5. The Balaban J connectivity index is 4.75. The number of carboxylic acid groups (broad SMARTS) is 3. The quantitative estimate of drug-likeness (QED) is 0.0366. The van der Waals surface area contributed by atoms with Crippen LogP contribution in [-0.2, 0) is 38.2 Å². The molecule has 0 aromatic rings. The van der Waals surface area contributed by atoms with E-state index in [1.807, 2.05) is 0 Å². The van der Waals surface area contributed by atoms with Gasteiger partial charge in [-0.05, 0) is 86.5 Å². The summed E-state index contributed by atoms with van der Waals surface area (Å²) in [5, 5.41) is 35.0. The normalized spacial score (nSPS) is 11.8. The lowest BCUT2D eigenvalue weighted by Crippen LogP contribution is -2.42. The number of unbranched alkanes of at least 4 members (excludes halogenated alkanes) is 11. The molecular formula is C44H79N5O13. The molecule has 0 radical (unpaired) electrons. The Hall–Kier alpha value is -4.64. The van der Waals surface area contributed by atoms with Gasteiger partial charge in [-0.2, -0.15) is 0 Å². The third-order valence-corrected chi connectivity index (χ3v) is 9.42. The molecule has 62 heavy (non-hydrogen) atoms. The smallest absolute Gasteiger partial charge is 0.410 e. The average Bonchev–Trinajstić information content (AvgIpc) is 3.15. The highest BCUT2D eigenvalue weighted by Gasteiger charge is 2.25. The molecule has 0 aromatic heterocycles. The van der Waals surface area contributed by atoms with Crippen molar-refractivity contribution in [3.63, 3.8) is 0 Å². The first-order valence-corrected chi connectivity index (χ1v) is 22.5. The van der Waals surface area contributed by atoms with Gasteiger partial charge in [-0.25, -0.2) is 14.4 Å². The fourth-order valence-electron chi connectivity index (χ4n) is 6.19. The highest BCUT2D eigenvalue weighted by atomic mass is 16.6. The summed E-state index contributed by atoms with van der Waals surface area (Å²) in [4.78, 5) is 99.1. The van der Waals surface area contributed by atoms with Crippen molar-refractivity contribution in [2.24, 2.45) is 0 Å². The van der Waals surface area contributed by atoms with Crippen molar-refractivity contribution in [3.8, 4) is 0 Å². The molecule has 5 amide bonds. The standard InChI is InChI=1S/C44H79N5O13/c1-43(2,3)61-41(59)48(30-18-19-31-49(42(60)62-44(4,5)6)33-21-29-46-36(51)26-27-39(55)56)32-20-28-45-35(50)25-24-34(40(57)58)47-37(52)22-16-14-12-10-8-7-9-11-13-15-17-23-38(53)54/h34H,7-33H2,1-6H3,(H,45,50)(H,46,51)(H,47,52)(H,53,54)(H,55,56)(H,57,58). The number of nitrogens with one attached hydrogen (secondary N) is 3. The first-order valence-electron chi connectivity index (χ1n) is 22.5. The van der Waals surface area contributed by atoms with Crippen LogP contribution in [0.15, 0.2) is 0 Å². The number of aliphatic carboxylic acids is 3. The van der Waals surface area contributed by atoms with E-state index in [2.05, 4.69) is 16.0 Å². The van der Waals surface area contributed by atoms with Crippen LogP contribution in [0.3, 0.4) is 0 Å². The monoisotopic (exact) mass is 886 g/mol. The van der Waals surface area contributed by atoms with Gasteiger partial charge in [0, 0.05) is 65.0 Å². The van der Waals surface area contributed by atoms with Crippen LogP contribution in [0.5, 0.6) is 0 Å². The number of rotatable bonds is 35. The number of amides is 5. The Morgan fingerprint density at radius 3 is 1.21 bits per heavy atom. The van der Waals surface area contributed by atoms with Crippen LogP contribution in [0.25, 0.3) is 0 Å². The zero-order chi connectivity index (χ0) is 47.0. The van der Waals surface area contributed by atoms with Crippen molar-refractivity contribution in [2.45, 2.75) is 194 Å². The fourth-order valence-corrected chi connectivity index (χ4v) is 6.19. The predicted octanol–water partition coefficient (Wildman–Crippen LogP) is 6.62. The minimum absolute atomic E-state index is 0.0712. The Morgan fingerprint density at radius 2 is 0.823 bits per heavy atom. The first kappa shape index (κ1) is 57.4. The zero-order valence-corrected chi connectivity index (χ0v) is 38.5. The van der Waals surface area contributed by atoms with Crippen LogP contribution in [0.4, 0.5) is 9.59 Å². The van der Waals surface area contributed by atoms with E-state index < -0.39 is 47.3 Å². The minimum atomic E-state index is -1.21. The molecule has 0 aliphatic heterocycles. The molecule has 0 aromatic carbocycles. The molecule has 18 heteroatoms. The molecule has 6 N–H and O–H groups in total. The third kappa shape index (κ3) is 35.0. The molecule has 0 saturated carbocycles. The number of hydrogen-bond donors (Lipinski definition) is 6. The number of ether oxygens (including phenoxy) is 2. The van der Waals surface area contributed by atoms with E-state index in [4.69, 9.17) is 19.7 Å². The van der Waals surface area contributed by atoms with Gasteiger partial charge in [0.2, 0.25) is 17.7 Å². The Labute approximate surface area is 369 Å². The zero-order valence-electron chi connectivity index (χ0n) is 38.5. The van der Waals surface area contributed by atoms with Gasteiger partial charge in [0.25, 0.3) is 0 Å². The highest BCUT2D eigenvalue weighted by Crippen LogP contribution is 2.15. The van der Waals surface area contributed by atoms with Crippen LogP contribution in [0.2, 0.25) is 0 Å². The van der Waals surface area contributed by atoms with E-state index in [9.17, 15) is 43.5 Å². The molecule has 18 nitrogen and oxygen atoms in total. The molecule has 1 unspecified atom stereocenters. The van der Waals surface area contributed by atoms with Crippen molar-refractivity contribution in [1.82, 2.24) is 25.8 Å². The minimum Gasteiger partial charge on any atom is -0.481 e. The van der Waals surface area contributed by atoms with Gasteiger partial charge in [-0.3, -0.25) is 24.0 Å². The molecule has 0 aliphatic rings. The molecule has 0 bridgehead atoms. The molecule has 0 fully saturated rings. The molecule has 0 aliphatic carbocycles. The Morgan fingerprint density at radius 1 is 0.452 bits per heavy atom. The lowest BCUT2D eigenvalue weighted by molar-refractivity contribution is -0.142. The summed E-state index contributed by atoms with van der Waals surface area (Å²) in [6.45, 7) is 12.2. The summed E-state index contributed by atoms with van der Waals surface area (Å²) in [5.41, 5.74) is -1.47. The van der Waals surface area contributed by atoms with Crippen molar-refractivity contribution >= 4 is 47.8 Å². The molecule has 0 rings (SSSR count). The third-order valence-electron chi connectivity index (χ3n) is 9.42. The van der Waals surface area contributed by atoms with Crippen LogP contribution in [-0.4, -0.2) is 129 Å². The van der Waals surface area contributed by atoms with Gasteiger partial charge in [-0.15, -0.1) is 0 Å². The van der Waals surface area contributed by atoms with Gasteiger partial charge in [0.1, 0.15) is 17.2 Å². The molecular weight excluding hydrogens is 807 g/mol. The summed E-state index contributed by atoms with van der Waals surface area (Å²) in [7, 11) is 0. The number of hydrogen-bond acceptors (Lipinski definition) is 10. The summed E-state index contributed by atoms with van der Waals surface area (Å²) in [6.07, 6.45) is 11.5.